The Bertz CT molecular complexity index is 443. The first-order chi connectivity index (χ1) is 9.73. The normalized spacial score (nSPS) is 29.3. The summed E-state index contributed by atoms with van der Waals surface area (Å²) in [4.78, 5) is 27.8. The summed E-state index contributed by atoms with van der Waals surface area (Å²) >= 11 is 0. The highest BCUT2D eigenvalue weighted by Gasteiger charge is 2.49. The van der Waals surface area contributed by atoms with Gasteiger partial charge in [0.15, 0.2) is 0 Å². The molecule has 0 radical (unpaired) electrons. The lowest BCUT2D eigenvalue weighted by Crippen LogP contribution is -2.55. The van der Waals surface area contributed by atoms with Crippen LogP contribution in [0, 0.1) is 5.92 Å². The van der Waals surface area contributed by atoms with E-state index in [0.29, 0.717) is 19.5 Å². The summed E-state index contributed by atoms with van der Waals surface area (Å²) in [7, 11) is 0. The number of amides is 2. The predicted octanol–water partition coefficient (Wildman–Crippen LogP) is 1.00. The van der Waals surface area contributed by atoms with Crippen molar-refractivity contribution in [3.8, 4) is 0 Å². The predicted molar refractivity (Wildman–Crippen MR) is 77.6 cm³/mol. The van der Waals surface area contributed by atoms with Gasteiger partial charge in [0, 0.05) is 19.0 Å². The summed E-state index contributed by atoms with van der Waals surface area (Å²) in [5.74, 6) is -0.133. The van der Waals surface area contributed by atoms with Gasteiger partial charge in [-0.15, -0.1) is 6.58 Å². The average molecular weight is 296 g/mol. The van der Waals surface area contributed by atoms with E-state index in [-0.39, 0.29) is 18.4 Å². The number of likely N-dealkylation sites (tertiary alicyclic amines) is 2. The first kappa shape index (κ1) is 15.8. The molecule has 2 aliphatic rings. The SMILES string of the molecule is C=CCN1C[C@@H]2C[C@H](O)CN(C(=O)OC(C)(C)C)[C@@H]2C1=O. The quantitative estimate of drug-likeness (QED) is 0.772. The minimum absolute atomic E-state index is 0.0475. The van der Waals surface area contributed by atoms with E-state index in [1.54, 1.807) is 31.7 Å². The van der Waals surface area contributed by atoms with Crippen LogP contribution in [0.5, 0.6) is 0 Å². The van der Waals surface area contributed by atoms with Gasteiger partial charge in [-0.1, -0.05) is 6.08 Å². The van der Waals surface area contributed by atoms with E-state index in [0.717, 1.165) is 0 Å². The van der Waals surface area contributed by atoms with Crippen LogP contribution >= 0.6 is 0 Å². The van der Waals surface area contributed by atoms with Crippen molar-refractivity contribution < 1.29 is 19.4 Å². The fraction of sp³-hybridized carbons (Fsp3) is 0.733. The van der Waals surface area contributed by atoms with Gasteiger partial charge in [0.25, 0.3) is 0 Å². The maximum absolute atomic E-state index is 12.5. The Morgan fingerprint density at radius 3 is 2.71 bits per heavy atom. The van der Waals surface area contributed by atoms with Crippen LogP contribution in [0.1, 0.15) is 27.2 Å². The number of hydrogen-bond acceptors (Lipinski definition) is 4. The molecular formula is C15H24N2O4. The van der Waals surface area contributed by atoms with Crippen LogP contribution < -0.4 is 0 Å². The molecule has 0 aliphatic carbocycles. The zero-order valence-electron chi connectivity index (χ0n) is 12.9. The van der Waals surface area contributed by atoms with Crippen LogP contribution in [-0.2, 0) is 9.53 Å². The largest absolute Gasteiger partial charge is 0.444 e. The van der Waals surface area contributed by atoms with Crippen molar-refractivity contribution in [1.29, 1.82) is 0 Å². The Kier molecular flexibility index (Phi) is 4.27. The molecule has 0 aromatic rings. The third-order valence-electron chi connectivity index (χ3n) is 3.76. The van der Waals surface area contributed by atoms with Gasteiger partial charge in [0.1, 0.15) is 11.6 Å². The summed E-state index contributed by atoms with van der Waals surface area (Å²) < 4.78 is 5.36. The fourth-order valence-corrected chi connectivity index (χ4v) is 3.05. The number of fused-ring (bicyclic) bond motifs is 1. The van der Waals surface area contributed by atoms with E-state index in [4.69, 9.17) is 4.74 Å². The van der Waals surface area contributed by atoms with Crippen molar-refractivity contribution in [1.82, 2.24) is 9.80 Å². The van der Waals surface area contributed by atoms with Crippen LogP contribution in [0.2, 0.25) is 0 Å². The molecule has 2 amide bonds. The molecule has 1 N–H and O–H groups in total. The second-order valence-corrected chi connectivity index (χ2v) is 6.76. The molecule has 0 saturated carbocycles. The molecule has 0 spiro atoms. The van der Waals surface area contributed by atoms with E-state index in [2.05, 4.69) is 6.58 Å². The number of hydrogen-bond donors (Lipinski definition) is 1. The smallest absolute Gasteiger partial charge is 0.411 e. The van der Waals surface area contributed by atoms with Gasteiger partial charge in [0.2, 0.25) is 5.91 Å². The molecule has 2 heterocycles. The number of carbonyl (C=O) groups excluding carboxylic acids is 2. The molecule has 118 valence electrons. The standard InChI is InChI=1S/C15H24N2O4/c1-5-6-16-8-10-7-11(18)9-17(12(10)13(16)19)14(20)21-15(2,3)4/h5,10-12,18H,1,6-9H2,2-4H3/t10-,11-,12-/m0/s1. The topological polar surface area (TPSA) is 70.1 Å². The maximum Gasteiger partial charge on any atom is 0.411 e. The van der Waals surface area contributed by atoms with E-state index in [1.807, 2.05) is 0 Å². The minimum Gasteiger partial charge on any atom is -0.444 e. The molecule has 21 heavy (non-hydrogen) atoms. The summed E-state index contributed by atoms with van der Waals surface area (Å²) in [6.45, 7) is 10.1. The van der Waals surface area contributed by atoms with Gasteiger partial charge < -0.3 is 14.7 Å². The van der Waals surface area contributed by atoms with E-state index in [1.165, 1.54) is 4.90 Å². The molecule has 0 aromatic carbocycles. The third kappa shape index (κ3) is 3.37. The average Bonchev–Trinajstić information content (AvgIpc) is 2.63. The van der Waals surface area contributed by atoms with Crippen LogP contribution in [0.3, 0.4) is 0 Å². The van der Waals surface area contributed by atoms with E-state index < -0.39 is 23.8 Å². The highest BCUT2D eigenvalue weighted by atomic mass is 16.6. The monoisotopic (exact) mass is 296 g/mol. The number of nitrogens with zero attached hydrogens (tertiary/aromatic N) is 2. The second-order valence-electron chi connectivity index (χ2n) is 6.76. The van der Waals surface area contributed by atoms with Crippen molar-refractivity contribution >= 4 is 12.0 Å². The number of ether oxygens (including phenoxy) is 1. The number of carbonyl (C=O) groups is 2. The first-order valence-electron chi connectivity index (χ1n) is 7.30. The second kappa shape index (κ2) is 5.67. The minimum atomic E-state index is -0.628. The Balaban J connectivity index is 2.18. The lowest BCUT2D eigenvalue weighted by molar-refractivity contribution is -0.133. The van der Waals surface area contributed by atoms with Crippen LogP contribution in [0.15, 0.2) is 12.7 Å². The molecule has 0 aromatic heterocycles. The van der Waals surface area contributed by atoms with Crippen LogP contribution in [-0.4, -0.2) is 64.3 Å². The van der Waals surface area contributed by atoms with E-state index in [9.17, 15) is 14.7 Å². The lowest BCUT2D eigenvalue weighted by Gasteiger charge is -2.38. The first-order valence-corrected chi connectivity index (χ1v) is 7.30. The zero-order valence-corrected chi connectivity index (χ0v) is 12.9. The van der Waals surface area contributed by atoms with Crippen molar-refractivity contribution in [3.05, 3.63) is 12.7 Å². The molecule has 0 bridgehead atoms. The molecule has 0 unspecified atom stereocenters. The molecule has 2 fully saturated rings. The van der Waals surface area contributed by atoms with Gasteiger partial charge in [-0.2, -0.15) is 0 Å². The van der Waals surface area contributed by atoms with E-state index >= 15 is 0 Å². The molecule has 6 nitrogen and oxygen atoms in total. The highest BCUT2D eigenvalue weighted by Crippen LogP contribution is 2.32. The molecule has 2 aliphatic heterocycles. The summed E-state index contributed by atoms with van der Waals surface area (Å²) in [6.07, 6.45) is 1.05. The lowest BCUT2D eigenvalue weighted by atomic mass is 9.90. The Morgan fingerprint density at radius 2 is 2.14 bits per heavy atom. The Morgan fingerprint density at radius 1 is 1.48 bits per heavy atom. The maximum atomic E-state index is 12.5. The summed E-state index contributed by atoms with van der Waals surface area (Å²) in [5.41, 5.74) is -0.628. The van der Waals surface area contributed by atoms with Gasteiger partial charge in [0.05, 0.1) is 12.6 Å². The van der Waals surface area contributed by atoms with Crippen molar-refractivity contribution in [2.45, 2.75) is 44.9 Å². The molecule has 6 heteroatoms. The number of aliphatic hydroxyl groups excluding tert-OH is 1. The Labute approximate surface area is 125 Å². The number of piperidine rings is 1. The van der Waals surface area contributed by atoms with Crippen molar-refractivity contribution in [2.24, 2.45) is 5.92 Å². The number of β-amino-alcohol motifs (C(OH)–C–C–N with tert-alkyl or cyclic N) is 1. The molecule has 2 rings (SSSR count). The van der Waals surface area contributed by atoms with Gasteiger partial charge in [-0.25, -0.2) is 4.79 Å². The van der Waals surface area contributed by atoms with Crippen molar-refractivity contribution in [2.75, 3.05) is 19.6 Å². The third-order valence-corrected chi connectivity index (χ3v) is 3.76. The van der Waals surface area contributed by atoms with Crippen LogP contribution in [0.4, 0.5) is 4.79 Å². The molecular weight excluding hydrogens is 272 g/mol. The molecule has 3 atom stereocenters. The fourth-order valence-electron chi connectivity index (χ4n) is 3.05. The van der Waals surface area contributed by atoms with Gasteiger partial charge in [-0.3, -0.25) is 9.69 Å². The highest BCUT2D eigenvalue weighted by molar-refractivity contribution is 5.88. The Hall–Kier alpha value is -1.56. The summed E-state index contributed by atoms with van der Waals surface area (Å²) in [5, 5.41) is 9.98. The number of aliphatic hydroxyl groups is 1. The molecule has 2 saturated heterocycles. The summed E-state index contributed by atoms with van der Waals surface area (Å²) in [6, 6.07) is -0.525. The number of rotatable bonds is 2. The zero-order chi connectivity index (χ0) is 15.8. The van der Waals surface area contributed by atoms with Gasteiger partial charge in [-0.05, 0) is 27.2 Å². The van der Waals surface area contributed by atoms with Crippen molar-refractivity contribution in [3.63, 3.8) is 0 Å². The van der Waals surface area contributed by atoms with Gasteiger partial charge >= 0.3 is 6.09 Å². The van der Waals surface area contributed by atoms with Crippen LogP contribution in [0.25, 0.3) is 0 Å².